The Bertz CT molecular complexity index is 315. The monoisotopic (exact) mass is 262 g/mol. The normalized spacial score (nSPS) is 27.6. The van der Waals surface area contributed by atoms with E-state index >= 15 is 0 Å². The molecule has 1 rings (SSSR count). The van der Waals surface area contributed by atoms with Gasteiger partial charge in [0.25, 0.3) is 10.2 Å². The molecule has 0 radical (unpaired) electrons. The molecule has 4 nitrogen and oxygen atoms in total. The van der Waals surface area contributed by atoms with Crippen molar-refractivity contribution in [2.45, 2.75) is 53.0 Å². The largest absolute Gasteiger partial charge is 0.279 e. The zero-order valence-corrected chi connectivity index (χ0v) is 12.3. The first-order valence-corrected chi connectivity index (χ1v) is 8.10. The van der Waals surface area contributed by atoms with Crippen molar-refractivity contribution in [3.05, 3.63) is 0 Å². The van der Waals surface area contributed by atoms with Crippen LogP contribution in [-0.4, -0.2) is 31.9 Å². The molecule has 0 amide bonds. The van der Waals surface area contributed by atoms with Crippen molar-refractivity contribution in [1.82, 2.24) is 9.03 Å². The first kappa shape index (κ1) is 14.9. The quantitative estimate of drug-likeness (QED) is 0.823. The molecule has 1 aliphatic heterocycles. The van der Waals surface area contributed by atoms with Gasteiger partial charge < -0.3 is 0 Å². The van der Waals surface area contributed by atoms with E-state index in [0.29, 0.717) is 24.9 Å². The summed E-state index contributed by atoms with van der Waals surface area (Å²) in [6, 6.07) is 0.0625. The van der Waals surface area contributed by atoms with Gasteiger partial charge in [-0.1, -0.05) is 27.7 Å². The van der Waals surface area contributed by atoms with Crippen LogP contribution in [0.4, 0.5) is 0 Å². The highest BCUT2D eigenvalue weighted by molar-refractivity contribution is 7.87. The lowest BCUT2D eigenvalue weighted by Gasteiger charge is -2.34. The third kappa shape index (κ3) is 4.23. The smallest absolute Gasteiger partial charge is 0.199 e. The van der Waals surface area contributed by atoms with Crippen molar-refractivity contribution >= 4 is 10.2 Å². The lowest BCUT2D eigenvalue weighted by molar-refractivity contribution is 0.219. The SMILES string of the molecule is CCC(CC)NS(=O)(=O)N1CC(C)CC(C)C1. The van der Waals surface area contributed by atoms with E-state index in [1.54, 1.807) is 4.31 Å². The summed E-state index contributed by atoms with van der Waals surface area (Å²) < 4.78 is 28.9. The van der Waals surface area contributed by atoms with Gasteiger partial charge in [-0.25, -0.2) is 0 Å². The van der Waals surface area contributed by atoms with Gasteiger partial charge in [-0.05, 0) is 31.1 Å². The van der Waals surface area contributed by atoms with Crippen LogP contribution in [-0.2, 0) is 10.2 Å². The molecule has 0 aromatic carbocycles. The minimum atomic E-state index is -3.29. The van der Waals surface area contributed by atoms with E-state index in [1.165, 1.54) is 0 Å². The van der Waals surface area contributed by atoms with Crippen LogP contribution in [0.2, 0.25) is 0 Å². The summed E-state index contributed by atoms with van der Waals surface area (Å²) in [6.07, 6.45) is 2.81. The Hall–Kier alpha value is -0.130. The van der Waals surface area contributed by atoms with E-state index < -0.39 is 10.2 Å². The highest BCUT2D eigenvalue weighted by atomic mass is 32.2. The molecule has 0 spiro atoms. The van der Waals surface area contributed by atoms with E-state index in [4.69, 9.17) is 0 Å². The summed E-state index contributed by atoms with van der Waals surface area (Å²) >= 11 is 0. The first-order valence-electron chi connectivity index (χ1n) is 6.66. The Balaban J connectivity index is 2.69. The third-order valence-electron chi connectivity index (χ3n) is 3.48. The van der Waals surface area contributed by atoms with Gasteiger partial charge in [0.2, 0.25) is 0 Å². The van der Waals surface area contributed by atoms with Gasteiger partial charge >= 0.3 is 0 Å². The summed E-state index contributed by atoms with van der Waals surface area (Å²) in [6.45, 7) is 9.57. The van der Waals surface area contributed by atoms with Crippen LogP contribution in [0.3, 0.4) is 0 Å². The Kier molecular flexibility index (Phi) is 5.41. The maximum Gasteiger partial charge on any atom is 0.279 e. The average molecular weight is 262 g/mol. The fraction of sp³-hybridized carbons (Fsp3) is 1.00. The van der Waals surface area contributed by atoms with Crippen LogP contribution in [0.1, 0.15) is 47.0 Å². The van der Waals surface area contributed by atoms with Gasteiger partial charge in [-0.2, -0.15) is 17.4 Å². The third-order valence-corrected chi connectivity index (χ3v) is 5.09. The van der Waals surface area contributed by atoms with E-state index in [0.717, 1.165) is 19.3 Å². The standard InChI is InChI=1S/C12H26N2O2S/c1-5-12(6-2)13-17(15,16)14-8-10(3)7-11(4)9-14/h10-13H,5-9H2,1-4H3. The number of hydrogen-bond acceptors (Lipinski definition) is 2. The molecule has 102 valence electrons. The molecule has 0 aromatic rings. The zero-order valence-electron chi connectivity index (χ0n) is 11.4. The van der Waals surface area contributed by atoms with Gasteiger partial charge in [0.15, 0.2) is 0 Å². The van der Waals surface area contributed by atoms with Gasteiger partial charge in [0, 0.05) is 19.1 Å². The van der Waals surface area contributed by atoms with Crippen molar-refractivity contribution < 1.29 is 8.42 Å². The lowest BCUT2D eigenvalue weighted by Crippen LogP contribution is -2.50. The van der Waals surface area contributed by atoms with Gasteiger partial charge in [-0.15, -0.1) is 0 Å². The Morgan fingerprint density at radius 3 is 2.06 bits per heavy atom. The molecule has 1 fully saturated rings. The Morgan fingerprint density at radius 1 is 1.18 bits per heavy atom. The molecular weight excluding hydrogens is 236 g/mol. The number of piperidine rings is 1. The minimum Gasteiger partial charge on any atom is -0.199 e. The van der Waals surface area contributed by atoms with Gasteiger partial charge in [0.1, 0.15) is 0 Å². The van der Waals surface area contributed by atoms with E-state index in [2.05, 4.69) is 18.6 Å². The topological polar surface area (TPSA) is 49.4 Å². The maximum absolute atomic E-state index is 12.2. The molecule has 2 atom stereocenters. The van der Waals surface area contributed by atoms with Crippen molar-refractivity contribution in [3.8, 4) is 0 Å². The second-order valence-electron chi connectivity index (χ2n) is 5.40. The van der Waals surface area contributed by atoms with E-state index in [1.807, 2.05) is 13.8 Å². The van der Waals surface area contributed by atoms with Crippen molar-refractivity contribution in [1.29, 1.82) is 0 Å². The van der Waals surface area contributed by atoms with Crippen LogP contribution >= 0.6 is 0 Å². The summed E-state index contributed by atoms with van der Waals surface area (Å²) in [4.78, 5) is 0. The maximum atomic E-state index is 12.2. The lowest BCUT2D eigenvalue weighted by atomic mass is 9.94. The molecule has 0 aliphatic carbocycles. The molecule has 1 saturated heterocycles. The highest BCUT2D eigenvalue weighted by Crippen LogP contribution is 2.22. The van der Waals surface area contributed by atoms with E-state index in [9.17, 15) is 8.42 Å². The summed E-state index contributed by atoms with van der Waals surface area (Å²) in [5, 5.41) is 0. The summed E-state index contributed by atoms with van der Waals surface area (Å²) in [7, 11) is -3.29. The van der Waals surface area contributed by atoms with Crippen LogP contribution in [0, 0.1) is 11.8 Å². The molecule has 17 heavy (non-hydrogen) atoms. The van der Waals surface area contributed by atoms with Crippen molar-refractivity contribution in [2.75, 3.05) is 13.1 Å². The molecule has 0 aromatic heterocycles. The molecule has 5 heteroatoms. The van der Waals surface area contributed by atoms with Gasteiger partial charge in [-0.3, -0.25) is 0 Å². The number of nitrogens with one attached hydrogen (secondary N) is 1. The molecular formula is C12H26N2O2S. The molecule has 0 bridgehead atoms. The second kappa shape index (κ2) is 6.16. The predicted molar refractivity (Wildman–Crippen MR) is 70.9 cm³/mol. The van der Waals surface area contributed by atoms with Crippen molar-refractivity contribution in [2.24, 2.45) is 11.8 Å². The average Bonchev–Trinajstić information content (AvgIpc) is 2.24. The predicted octanol–water partition coefficient (Wildman–Crippen LogP) is 1.99. The number of rotatable bonds is 5. The highest BCUT2D eigenvalue weighted by Gasteiger charge is 2.31. The fourth-order valence-electron chi connectivity index (χ4n) is 2.54. The fourth-order valence-corrected chi connectivity index (χ4v) is 4.35. The summed E-state index contributed by atoms with van der Waals surface area (Å²) in [5.41, 5.74) is 0. The molecule has 1 N–H and O–H groups in total. The zero-order chi connectivity index (χ0) is 13.1. The van der Waals surface area contributed by atoms with Crippen LogP contribution in [0.15, 0.2) is 0 Å². The van der Waals surface area contributed by atoms with Gasteiger partial charge in [0.05, 0.1) is 0 Å². The Labute approximate surface area is 106 Å². The minimum absolute atomic E-state index is 0.0625. The first-order chi connectivity index (χ1) is 7.89. The number of nitrogens with zero attached hydrogens (tertiary/aromatic N) is 1. The van der Waals surface area contributed by atoms with Crippen molar-refractivity contribution in [3.63, 3.8) is 0 Å². The Morgan fingerprint density at radius 2 is 1.65 bits per heavy atom. The molecule has 2 unspecified atom stereocenters. The number of hydrogen-bond donors (Lipinski definition) is 1. The summed E-state index contributed by atoms with van der Waals surface area (Å²) in [5.74, 6) is 0.911. The van der Waals surface area contributed by atoms with Crippen LogP contribution < -0.4 is 4.72 Å². The molecule has 1 aliphatic rings. The van der Waals surface area contributed by atoms with Crippen LogP contribution in [0.25, 0.3) is 0 Å². The van der Waals surface area contributed by atoms with E-state index in [-0.39, 0.29) is 6.04 Å². The molecule has 1 heterocycles. The second-order valence-corrected chi connectivity index (χ2v) is 7.10. The molecule has 0 saturated carbocycles. The van der Waals surface area contributed by atoms with Crippen LogP contribution in [0.5, 0.6) is 0 Å².